The lowest BCUT2D eigenvalue weighted by molar-refractivity contribution is -0.151. The molecule has 2 aromatic rings. The van der Waals surface area contributed by atoms with E-state index in [0.717, 1.165) is 38.9 Å². The van der Waals surface area contributed by atoms with Crippen LogP contribution in [-0.2, 0) is 22.6 Å². The summed E-state index contributed by atoms with van der Waals surface area (Å²) in [6.07, 6.45) is 22.0. The first kappa shape index (κ1) is 35.0. The highest BCUT2D eigenvalue weighted by molar-refractivity contribution is 5.72. The summed E-state index contributed by atoms with van der Waals surface area (Å²) in [5, 5.41) is 9.71. The van der Waals surface area contributed by atoms with Crippen molar-refractivity contribution in [1.29, 1.82) is 0 Å². The minimum absolute atomic E-state index is 0.549. The third-order valence-corrected chi connectivity index (χ3v) is 8.03. The zero-order valence-electron chi connectivity index (χ0n) is 26.1. The molecule has 0 radical (unpaired) electrons. The maximum absolute atomic E-state index is 11.8. The van der Waals surface area contributed by atoms with E-state index >= 15 is 0 Å². The Balaban J connectivity index is 1.51. The molecule has 0 aromatic heterocycles. The standard InChI is InChI=1S/C37H59NO3/c1-2-3-4-5-6-7-8-9-10-11-12-13-14-15-16-23-31-41-36(37(39)40)29-24-30-38(32-34-25-19-17-20-26-34)33-35-27-21-18-22-28-35/h17-22,25-28,36H,2-16,23-24,29-33H2,1H3,(H,39,40). The fraction of sp³-hybridized carbons (Fsp3) is 0.649. The van der Waals surface area contributed by atoms with E-state index in [2.05, 4.69) is 60.4 Å². The summed E-state index contributed by atoms with van der Waals surface area (Å²) < 4.78 is 5.82. The van der Waals surface area contributed by atoms with E-state index in [0.29, 0.717) is 13.0 Å². The number of benzene rings is 2. The number of aliphatic carboxylic acids is 1. The number of hydrogen-bond acceptors (Lipinski definition) is 3. The Labute approximate surface area is 251 Å². The average molecular weight is 566 g/mol. The van der Waals surface area contributed by atoms with Crippen molar-refractivity contribution in [2.45, 2.75) is 142 Å². The highest BCUT2D eigenvalue weighted by Crippen LogP contribution is 2.15. The first-order valence-electron chi connectivity index (χ1n) is 16.8. The summed E-state index contributed by atoms with van der Waals surface area (Å²) in [6, 6.07) is 21.0. The molecule has 0 aliphatic rings. The van der Waals surface area contributed by atoms with Gasteiger partial charge in [0, 0.05) is 19.7 Å². The molecular formula is C37H59NO3. The Hall–Kier alpha value is -2.17. The van der Waals surface area contributed by atoms with Gasteiger partial charge in [-0.15, -0.1) is 0 Å². The van der Waals surface area contributed by atoms with E-state index in [1.54, 1.807) is 0 Å². The summed E-state index contributed by atoms with van der Waals surface area (Å²) in [4.78, 5) is 14.2. The number of carboxylic acids is 1. The van der Waals surface area contributed by atoms with Crippen LogP contribution in [0.5, 0.6) is 0 Å². The van der Waals surface area contributed by atoms with Gasteiger partial charge in [-0.1, -0.05) is 164 Å². The molecule has 0 amide bonds. The predicted octanol–water partition coefficient (Wildman–Crippen LogP) is 10.2. The minimum Gasteiger partial charge on any atom is -0.479 e. The molecular weight excluding hydrogens is 506 g/mol. The number of rotatable bonds is 27. The Morgan fingerprint density at radius 2 is 1.05 bits per heavy atom. The number of hydrogen-bond donors (Lipinski definition) is 1. The normalized spacial score (nSPS) is 12.1. The molecule has 1 N–H and O–H groups in total. The Bertz CT molecular complexity index is 816. The fourth-order valence-corrected chi connectivity index (χ4v) is 5.55. The van der Waals surface area contributed by atoms with Crippen LogP contribution < -0.4 is 0 Å². The molecule has 0 spiro atoms. The molecule has 1 unspecified atom stereocenters. The maximum Gasteiger partial charge on any atom is 0.332 e. The number of ether oxygens (including phenoxy) is 1. The van der Waals surface area contributed by atoms with Gasteiger partial charge in [0.25, 0.3) is 0 Å². The number of nitrogens with zero attached hydrogens (tertiary/aromatic N) is 1. The second-order valence-electron chi connectivity index (χ2n) is 11.8. The topological polar surface area (TPSA) is 49.8 Å². The van der Waals surface area contributed by atoms with Crippen molar-refractivity contribution >= 4 is 5.97 Å². The van der Waals surface area contributed by atoms with Crippen LogP contribution in [0.15, 0.2) is 60.7 Å². The monoisotopic (exact) mass is 565 g/mol. The molecule has 0 fully saturated rings. The van der Waals surface area contributed by atoms with Crippen LogP contribution in [0.25, 0.3) is 0 Å². The highest BCUT2D eigenvalue weighted by Gasteiger charge is 2.18. The lowest BCUT2D eigenvalue weighted by atomic mass is 10.0. The van der Waals surface area contributed by atoms with E-state index in [-0.39, 0.29) is 0 Å². The molecule has 0 heterocycles. The third-order valence-electron chi connectivity index (χ3n) is 8.03. The molecule has 0 aliphatic carbocycles. The maximum atomic E-state index is 11.8. The van der Waals surface area contributed by atoms with Crippen molar-refractivity contribution in [2.24, 2.45) is 0 Å². The quantitative estimate of drug-likeness (QED) is 0.109. The molecule has 2 aromatic carbocycles. The molecule has 0 saturated heterocycles. The minimum atomic E-state index is -0.834. The molecule has 0 aliphatic heterocycles. The number of carboxylic acid groups (broad SMARTS) is 1. The van der Waals surface area contributed by atoms with Gasteiger partial charge in [0.05, 0.1) is 0 Å². The first-order chi connectivity index (χ1) is 20.2. The summed E-state index contributed by atoms with van der Waals surface area (Å²) in [5.74, 6) is -0.834. The van der Waals surface area contributed by atoms with Crippen molar-refractivity contribution in [3.63, 3.8) is 0 Å². The van der Waals surface area contributed by atoms with E-state index in [1.165, 1.54) is 101 Å². The SMILES string of the molecule is CCCCCCCCCCCCCCCCCCOC(CCCN(Cc1ccccc1)Cc1ccccc1)C(=O)O. The van der Waals surface area contributed by atoms with E-state index in [1.807, 2.05) is 12.1 Å². The Morgan fingerprint density at radius 3 is 1.46 bits per heavy atom. The third kappa shape index (κ3) is 18.8. The highest BCUT2D eigenvalue weighted by atomic mass is 16.5. The van der Waals surface area contributed by atoms with Gasteiger partial charge < -0.3 is 9.84 Å². The average Bonchev–Trinajstić information content (AvgIpc) is 2.98. The molecule has 230 valence electrons. The van der Waals surface area contributed by atoms with Gasteiger partial charge in [-0.05, 0) is 36.9 Å². The second kappa shape index (κ2) is 24.4. The van der Waals surface area contributed by atoms with Gasteiger partial charge in [-0.3, -0.25) is 4.90 Å². The summed E-state index contributed by atoms with van der Waals surface area (Å²) in [6.45, 7) is 5.38. The van der Waals surface area contributed by atoms with Gasteiger partial charge in [-0.25, -0.2) is 4.79 Å². The Kier molecular flexibility index (Phi) is 20.9. The van der Waals surface area contributed by atoms with Crippen molar-refractivity contribution in [2.75, 3.05) is 13.2 Å². The Morgan fingerprint density at radius 1 is 0.634 bits per heavy atom. The van der Waals surface area contributed by atoms with Crippen LogP contribution >= 0.6 is 0 Å². The van der Waals surface area contributed by atoms with E-state index < -0.39 is 12.1 Å². The zero-order valence-corrected chi connectivity index (χ0v) is 26.1. The lowest BCUT2D eigenvalue weighted by Gasteiger charge is -2.23. The smallest absolute Gasteiger partial charge is 0.332 e. The van der Waals surface area contributed by atoms with Gasteiger partial charge in [0.1, 0.15) is 0 Å². The zero-order chi connectivity index (χ0) is 29.2. The fourth-order valence-electron chi connectivity index (χ4n) is 5.55. The molecule has 41 heavy (non-hydrogen) atoms. The van der Waals surface area contributed by atoms with Crippen LogP contribution in [0.3, 0.4) is 0 Å². The summed E-state index contributed by atoms with van der Waals surface area (Å²) in [5.41, 5.74) is 2.55. The van der Waals surface area contributed by atoms with Crippen molar-refractivity contribution in [3.05, 3.63) is 71.8 Å². The van der Waals surface area contributed by atoms with Crippen LogP contribution in [0.1, 0.15) is 134 Å². The van der Waals surface area contributed by atoms with Crippen molar-refractivity contribution in [1.82, 2.24) is 4.90 Å². The molecule has 0 bridgehead atoms. The second-order valence-corrected chi connectivity index (χ2v) is 11.8. The van der Waals surface area contributed by atoms with Crippen LogP contribution in [0.4, 0.5) is 0 Å². The lowest BCUT2D eigenvalue weighted by Crippen LogP contribution is -2.28. The van der Waals surface area contributed by atoms with Gasteiger partial charge >= 0.3 is 5.97 Å². The molecule has 0 saturated carbocycles. The van der Waals surface area contributed by atoms with Gasteiger partial charge in [0.15, 0.2) is 6.10 Å². The summed E-state index contributed by atoms with van der Waals surface area (Å²) >= 11 is 0. The van der Waals surface area contributed by atoms with Crippen molar-refractivity contribution in [3.8, 4) is 0 Å². The first-order valence-corrected chi connectivity index (χ1v) is 16.8. The largest absolute Gasteiger partial charge is 0.479 e. The number of unbranched alkanes of at least 4 members (excludes halogenated alkanes) is 15. The van der Waals surface area contributed by atoms with Crippen LogP contribution in [0.2, 0.25) is 0 Å². The predicted molar refractivity (Wildman–Crippen MR) is 173 cm³/mol. The number of carbonyl (C=O) groups is 1. The van der Waals surface area contributed by atoms with Gasteiger partial charge in [-0.2, -0.15) is 0 Å². The molecule has 4 nitrogen and oxygen atoms in total. The van der Waals surface area contributed by atoms with Crippen molar-refractivity contribution < 1.29 is 14.6 Å². The van der Waals surface area contributed by atoms with Crippen LogP contribution in [0, 0.1) is 0 Å². The van der Waals surface area contributed by atoms with E-state index in [9.17, 15) is 9.90 Å². The van der Waals surface area contributed by atoms with E-state index in [4.69, 9.17) is 4.74 Å². The summed E-state index contributed by atoms with van der Waals surface area (Å²) in [7, 11) is 0. The molecule has 1 atom stereocenters. The molecule has 4 heteroatoms. The van der Waals surface area contributed by atoms with Gasteiger partial charge in [0.2, 0.25) is 0 Å². The van der Waals surface area contributed by atoms with Crippen LogP contribution in [-0.4, -0.2) is 35.2 Å². The molecule has 2 rings (SSSR count).